The molecule has 0 aromatic carbocycles. The number of hydrogen-bond donors (Lipinski definition) is 1. The molecule has 1 saturated carbocycles. The summed E-state index contributed by atoms with van der Waals surface area (Å²) in [6.45, 7) is 3.59. The first-order valence-electron chi connectivity index (χ1n) is 7.89. The summed E-state index contributed by atoms with van der Waals surface area (Å²) < 4.78 is 0. The molecule has 5 heteroatoms. The molecule has 1 aliphatic heterocycles. The first-order valence-corrected chi connectivity index (χ1v) is 7.89. The van der Waals surface area contributed by atoms with Gasteiger partial charge >= 0.3 is 0 Å². The minimum Gasteiger partial charge on any atom is -0.358 e. The van der Waals surface area contributed by atoms with E-state index in [1.54, 1.807) is 7.05 Å². The third-order valence-corrected chi connectivity index (χ3v) is 4.61. The zero-order valence-electron chi connectivity index (χ0n) is 12.6. The van der Waals surface area contributed by atoms with E-state index in [1.165, 1.54) is 25.7 Å². The number of rotatable bonds is 5. The fourth-order valence-electron chi connectivity index (χ4n) is 3.22. The Morgan fingerprint density at radius 3 is 2.35 bits per heavy atom. The minimum atomic E-state index is 0.0472. The summed E-state index contributed by atoms with van der Waals surface area (Å²) in [6, 6.07) is 0. The van der Waals surface area contributed by atoms with E-state index in [9.17, 15) is 9.59 Å². The van der Waals surface area contributed by atoms with Crippen molar-refractivity contribution in [2.45, 2.75) is 38.5 Å². The van der Waals surface area contributed by atoms with Gasteiger partial charge in [-0.3, -0.25) is 14.5 Å². The van der Waals surface area contributed by atoms with E-state index in [4.69, 9.17) is 0 Å². The van der Waals surface area contributed by atoms with Crippen LogP contribution in [0.3, 0.4) is 0 Å². The Morgan fingerprint density at radius 2 is 1.75 bits per heavy atom. The van der Waals surface area contributed by atoms with E-state index in [-0.39, 0.29) is 5.91 Å². The molecular formula is C15H27N3O2. The van der Waals surface area contributed by atoms with Crippen LogP contribution in [0.25, 0.3) is 0 Å². The highest BCUT2D eigenvalue weighted by molar-refractivity contribution is 5.78. The average molecular weight is 281 g/mol. The molecule has 0 aromatic heterocycles. The molecule has 1 saturated heterocycles. The van der Waals surface area contributed by atoms with Crippen LogP contribution < -0.4 is 5.32 Å². The van der Waals surface area contributed by atoms with Crippen LogP contribution in [-0.4, -0.2) is 61.4 Å². The zero-order chi connectivity index (χ0) is 14.4. The Balaban J connectivity index is 1.64. The molecule has 2 rings (SSSR count). The number of nitrogens with one attached hydrogen (secondary N) is 1. The Hall–Kier alpha value is -1.10. The maximum absolute atomic E-state index is 12.2. The lowest BCUT2D eigenvalue weighted by molar-refractivity contribution is -0.133. The predicted molar refractivity (Wildman–Crippen MR) is 78.3 cm³/mol. The first-order chi connectivity index (χ1) is 9.69. The molecule has 5 nitrogen and oxygen atoms in total. The third kappa shape index (κ3) is 4.47. The molecule has 0 bridgehead atoms. The summed E-state index contributed by atoms with van der Waals surface area (Å²) in [4.78, 5) is 27.6. The van der Waals surface area contributed by atoms with Crippen molar-refractivity contribution < 1.29 is 9.59 Å². The second-order valence-electron chi connectivity index (χ2n) is 6.02. The smallest absolute Gasteiger partial charge is 0.233 e. The second kappa shape index (κ2) is 7.62. The van der Waals surface area contributed by atoms with Crippen LogP contribution in [0.5, 0.6) is 0 Å². The van der Waals surface area contributed by atoms with Crippen molar-refractivity contribution >= 4 is 11.8 Å². The summed E-state index contributed by atoms with van der Waals surface area (Å²) in [7, 11) is 1.66. The van der Waals surface area contributed by atoms with E-state index in [0.29, 0.717) is 18.9 Å². The maximum atomic E-state index is 12.2. The Morgan fingerprint density at radius 1 is 1.10 bits per heavy atom. The molecule has 2 fully saturated rings. The first kappa shape index (κ1) is 15.3. The molecule has 0 radical (unpaired) electrons. The SMILES string of the molecule is CNC(=O)CN1CCN(C(=O)CCC2CCCC2)CC1. The molecule has 0 spiro atoms. The molecule has 2 aliphatic rings. The average Bonchev–Trinajstić information content (AvgIpc) is 2.98. The lowest BCUT2D eigenvalue weighted by Gasteiger charge is -2.34. The second-order valence-corrected chi connectivity index (χ2v) is 6.02. The number of carbonyl (C=O) groups excluding carboxylic acids is 2. The van der Waals surface area contributed by atoms with Crippen LogP contribution in [0.1, 0.15) is 38.5 Å². The molecule has 20 heavy (non-hydrogen) atoms. The van der Waals surface area contributed by atoms with Gasteiger partial charge < -0.3 is 10.2 Å². The van der Waals surface area contributed by atoms with Gasteiger partial charge in [-0.05, 0) is 12.3 Å². The number of carbonyl (C=O) groups is 2. The van der Waals surface area contributed by atoms with Crippen molar-refractivity contribution in [3.05, 3.63) is 0 Å². The molecule has 1 heterocycles. The van der Waals surface area contributed by atoms with E-state index in [1.807, 2.05) is 4.90 Å². The van der Waals surface area contributed by atoms with Gasteiger partial charge in [0.2, 0.25) is 11.8 Å². The normalized spacial score (nSPS) is 21.1. The number of piperazine rings is 1. The van der Waals surface area contributed by atoms with Crippen LogP contribution in [0.4, 0.5) is 0 Å². The standard InChI is InChI=1S/C15H27N3O2/c1-16-14(19)12-17-8-10-18(11-9-17)15(20)7-6-13-4-2-3-5-13/h13H,2-12H2,1H3,(H,16,19). The molecule has 2 amide bonds. The summed E-state index contributed by atoms with van der Waals surface area (Å²) in [5.41, 5.74) is 0. The monoisotopic (exact) mass is 281 g/mol. The van der Waals surface area contributed by atoms with Gasteiger partial charge in [-0.25, -0.2) is 0 Å². The topological polar surface area (TPSA) is 52.7 Å². The molecule has 114 valence electrons. The Bertz CT molecular complexity index is 332. The summed E-state index contributed by atoms with van der Waals surface area (Å²) in [6.07, 6.45) is 7.09. The van der Waals surface area contributed by atoms with Gasteiger partial charge in [0, 0.05) is 39.6 Å². The summed E-state index contributed by atoms with van der Waals surface area (Å²) in [5.74, 6) is 1.14. The van der Waals surface area contributed by atoms with Gasteiger partial charge in [0.05, 0.1) is 6.54 Å². The van der Waals surface area contributed by atoms with Crippen molar-refractivity contribution in [2.75, 3.05) is 39.8 Å². The van der Waals surface area contributed by atoms with Crippen LogP contribution in [0.15, 0.2) is 0 Å². The Labute approximate surface area is 121 Å². The lowest BCUT2D eigenvalue weighted by atomic mass is 10.0. The highest BCUT2D eigenvalue weighted by atomic mass is 16.2. The van der Waals surface area contributed by atoms with Gasteiger partial charge in [0.15, 0.2) is 0 Å². The predicted octanol–water partition coefficient (Wildman–Crippen LogP) is 0.847. The Kier molecular flexibility index (Phi) is 5.83. The molecule has 0 unspecified atom stereocenters. The quantitative estimate of drug-likeness (QED) is 0.813. The van der Waals surface area contributed by atoms with Gasteiger partial charge in [-0.1, -0.05) is 25.7 Å². The molecule has 1 N–H and O–H groups in total. The highest BCUT2D eigenvalue weighted by Gasteiger charge is 2.23. The number of nitrogens with zero attached hydrogens (tertiary/aromatic N) is 2. The number of amides is 2. The molecular weight excluding hydrogens is 254 g/mol. The summed E-state index contributed by atoms with van der Waals surface area (Å²) in [5, 5.41) is 2.64. The summed E-state index contributed by atoms with van der Waals surface area (Å²) >= 11 is 0. The van der Waals surface area contributed by atoms with E-state index < -0.39 is 0 Å². The van der Waals surface area contributed by atoms with Crippen molar-refractivity contribution in [1.29, 1.82) is 0 Å². The maximum Gasteiger partial charge on any atom is 0.233 e. The zero-order valence-corrected chi connectivity index (χ0v) is 12.6. The van der Waals surface area contributed by atoms with Crippen LogP contribution in [0, 0.1) is 5.92 Å². The van der Waals surface area contributed by atoms with E-state index >= 15 is 0 Å². The van der Waals surface area contributed by atoms with Crippen molar-refractivity contribution in [3.63, 3.8) is 0 Å². The van der Waals surface area contributed by atoms with Crippen molar-refractivity contribution in [3.8, 4) is 0 Å². The molecule has 0 aromatic rings. The van der Waals surface area contributed by atoms with Crippen LogP contribution >= 0.6 is 0 Å². The third-order valence-electron chi connectivity index (χ3n) is 4.61. The van der Waals surface area contributed by atoms with Gasteiger partial charge in [0.1, 0.15) is 0 Å². The number of hydrogen-bond acceptors (Lipinski definition) is 3. The van der Waals surface area contributed by atoms with Gasteiger partial charge in [-0.15, -0.1) is 0 Å². The fraction of sp³-hybridized carbons (Fsp3) is 0.867. The van der Waals surface area contributed by atoms with Crippen molar-refractivity contribution in [1.82, 2.24) is 15.1 Å². The van der Waals surface area contributed by atoms with Crippen LogP contribution in [-0.2, 0) is 9.59 Å². The van der Waals surface area contributed by atoms with Gasteiger partial charge in [-0.2, -0.15) is 0 Å². The minimum absolute atomic E-state index is 0.0472. The fourth-order valence-corrected chi connectivity index (χ4v) is 3.22. The van der Waals surface area contributed by atoms with E-state index in [2.05, 4.69) is 10.2 Å². The molecule has 1 aliphatic carbocycles. The van der Waals surface area contributed by atoms with Crippen LogP contribution in [0.2, 0.25) is 0 Å². The largest absolute Gasteiger partial charge is 0.358 e. The number of likely N-dealkylation sites (N-methyl/N-ethyl adjacent to an activating group) is 1. The highest BCUT2D eigenvalue weighted by Crippen LogP contribution is 2.28. The van der Waals surface area contributed by atoms with Gasteiger partial charge in [0.25, 0.3) is 0 Å². The molecule has 0 atom stereocenters. The van der Waals surface area contributed by atoms with Crippen molar-refractivity contribution in [2.24, 2.45) is 5.92 Å². The lowest BCUT2D eigenvalue weighted by Crippen LogP contribution is -2.50. The van der Waals surface area contributed by atoms with E-state index in [0.717, 1.165) is 38.5 Å².